The summed E-state index contributed by atoms with van der Waals surface area (Å²) in [6.07, 6.45) is 2.26. The number of hydrogen-bond acceptors (Lipinski definition) is 2. The van der Waals surface area contributed by atoms with Crippen LogP contribution >= 0.6 is 0 Å². The maximum absolute atomic E-state index is 13.1. The molecule has 1 N–H and O–H groups in total. The van der Waals surface area contributed by atoms with Gasteiger partial charge in [0.05, 0.1) is 6.10 Å². The minimum absolute atomic E-state index is 0.0753. The number of rotatable bonds is 4. The van der Waals surface area contributed by atoms with Crippen LogP contribution in [0, 0.1) is 11.7 Å². The van der Waals surface area contributed by atoms with E-state index in [1.165, 1.54) is 6.07 Å². The lowest BCUT2D eigenvalue weighted by molar-refractivity contribution is 0.0864. The Hall–Kier alpha value is -1.09. The molecule has 1 aliphatic heterocycles. The van der Waals surface area contributed by atoms with E-state index in [9.17, 15) is 9.50 Å². The smallest absolute Gasteiger partial charge is 0.123 e. The monoisotopic (exact) mass is 238 g/mol. The molecule has 1 aromatic carbocycles. The fourth-order valence-corrected chi connectivity index (χ4v) is 2.46. The molecule has 3 atom stereocenters. The van der Waals surface area contributed by atoms with Crippen LogP contribution in [-0.2, 0) is 6.42 Å². The Morgan fingerprint density at radius 1 is 1.53 bits per heavy atom. The van der Waals surface area contributed by atoms with Gasteiger partial charge in [0.1, 0.15) is 17.7 Å². The van der Waals surface area contributed by atoms with Crippen LogP contribution in [0.1, 0.15) is 32.3 Å². The van der Waals surface area contributed by atoms with E-state index in [-0.39, 0.29) is 23.9 Å². The molecule has 0 aromatic heterocycles. The SMILES string of the molecule is CCC(CC1Cc2cc(F)ccc2O1)C(C)O. The first-order valence-electron chi connectivity index (χ1n) is 6.23. The summed E-state index contributed by atoms with van der Waals surface area (Å²) in [6.45, 7) is 3.88. The molecule has 17 heavy (non-hydrogen) atoms. The Morgan fingerprint density at radius 3 is 2.94 bits per heavy atom. The number of aliphatic hydroxyl groups excluding tert-OH is 1. The van der Waals surface area contributed by atoms with Crippen LogP contribution in [0.5, 0.6) is 5.75 Å². The first kappa shape index (κ1) is 12.4. The van der Waals surface area contributed by atoms with Crippen LogP contribution in [0.4, 0.5) is 4.39 Å². The third-order valence-corrected chi connectivity index (χ3v) is 3.54. The average Bonchev–Trinajstić information content (AvgIpc) is 2.66. The molecule has 3 heteroatoms. The van der Waals surface area contributed by atoms with E-state index >= 15 is 0 Å². The third-order valence-electron chi connectivity index (χ3n) is 3.54. The van der Waals surface area contributed by atoms with Gasteiger partial charge in [-0.25, -0.2) is 4.39 Å². The van der Waals surface area contributed by atoms with Gasteiger partial charge in [0, 0.05) is 12.0 Å². The fourth-order valence-electron chi connectivity index (χ4n) is 2.46. The van der Waals surface area contributed by atoms with E-state index in [1.807, 2.05) is 6.92 Å². The summed E-state index contributed by atoms with van der Waals surface area (Å²) in [5, 5.41) is 9.62. The van der Waals surface area contributed by atoms with Crippen molar-refractivity contribution in [3.63, 3.8) is 0 Å². The summed E-state index contributed by atoms with van der Waals surface area (Å²) in [6, 6.07) is 4.65. The normalized spacial score (nSPS) is 21.8. The quantitative estimate of drug-likeness (QED) is 0.874. The van der Waals surface area contributed by atoms with E-state index in [0.29, 0.717) is 0 Å². The molecule has 0 bridgehead atoms. The summed E-state index contributed by atoms with van der Waals surface area (Å²) < 4.78 is 18.8. The van der Waals surface area contributed by atoms with Crippen LogP contribution in [-0.4, -0.2) is 17.3 Å². The Bertz CT molecular complexity index is 390. The molecule has 0 radical (unpaired) electrons. The van der Waals surface area contributed by atoms with Gasteiger partial charge in [0.25, 0.3) is 0 Å². The summed E-state index contributed by atoms with van der Waals surface area (Å²) >= 11 is 0. The van der Waals surface area contributed by atoms with E-state index in [2.05, 4.69) is 6.92 Å². The Balaban J connectivity index is 2.00. The highest BCUT2D eigenvalue weighted by molar-refractivity contribution is 5.37. The van der Waals surface area contributed by atoms with Crippen LogP contribution < -0.4 is 4.74 Å². The van der Waals surface area contributed by atoms with Gasteiger partial charge in [-0.1, -0.05) is 13.3 Å². The number of aliphatic hydroxyl groups is 1. The molecule has 2 nitrogen and oxygen atoms in total. The van der Waals surface area contributed by atoms with Crippen molar-refractivity contribution in [2.45, 2.75) is 45.3 Å². The van der Waals surface area contributed by atoms with Gasteiger partial charge >= 0.3 is 0 Å². The molecule has 0 saturated carbocycles. The molecule has 94 valence electrons. The van der Waals surface area contributed by atoms with Crippen molar-refractivity contribution < 1.29 is 14.2 Å². The summed E-state index contributed by atoms with van der Waals surface area (Å²) in [5.41, 5.74) is 0.940. The Morgan fingerprint density at radius 2 is 2.29 bits per heavy atom. The third kappa shape index (κ3) is 2.78. The van der Waals surface area contributed by atoms with Crippen molar-refractivity contribution in [2.75, 3.05) is 0 Å². The second-order valence-electron chi connectivity index (χ2n) is 4.84. The van der Waals surface area contributed by atoms with Crippen molar-refractivity contribution in [3.8, 4) is 5.75 Å². The molecule has 2 rings (SSSR count). The van der Waals surface area contributed by atoms with Gasteiger partial charge in [-0.15, -0.1) is 0 Å². The van der Waals surface area contributed by atoms with Crippen LogP contribution in [0.25, 0.3) is 0 Å². The molecule has 1 aliphatic rings. The van der Waals surface area contributed by atoms with Crippen molar-refractivity contribution >= 4 is 0 Å². The number of halogens is 1. The second kappa shape index (κ2) is 5.05. The summed E-state index contributed by atoms with van der Waals surface area (Å²) in [7, 11) is 0. The molecule has 3 unspecified atom stereocenters. The second-order valence-corrected chi connectivity index (χ2v) is 4.84. The van der Waals surface area contributed by atoms with Gasteiger partial charge in [-0.3, -0.25) is 0 Å². The fraction of sp³-hybridized carbons (Fsp3) is 0.571. The molecular weight excluding hydrogens is 219 g/mol. The van der Waals surface area contributed by atoms with Crippen molar-refractivity contribution in [2.24, 2.45) is 5.92 Å². The van der Waals surface area contributed by atoms with Crippen LogP contribution in [0.15, 0.2) is 18.2 Å². The Labute approximate surface area is 101 Å². The average molecular weight is 238 g/mol. The lowest BCUT2D eigenvalue weighted by atomic mass is 9.92. The molecule has 1 heterocycles. The highest BCUT2D eigenvalue weighted by Crippen LogP contribution is 2.32. The molecule has 0 amide bonds. The molecule has 0 saturated heterocycles. The first-order valence-corrected chi connectivity index (χ1v) is 6.23. The molecular formula is C14H19FO2. The van der Waals surface area contributed by atoms with Gasteiger partial charge in [-0.05, 0) is 37.5 Å². The van der Waals surface area contributed by atoms with Gasteiger partial charge in [0.15, 0.2) is 0 Å². The minimum atomic E-state index is -0.316. The van der Waals surface area contributed by atoms with E-state index in [1.54, 1.807) is 12.1 Å². The number of fused-ring (bicyclic) bond motifs is 1. The van der Waals surface area contributed by atoms with Gasteiger partial charge in [0.2, 0.25) is 0 Å². The predicted molar refractivity (Wildman–Crippen MR) is 64.6 cm³/mol. The largest absolute Gasteiger partial charge is 0.490 e. The number of ether oxygens (including phenoxy) is 1. The maximum Gasteiger partial charge on any atom is 0.123 e. The van der Waals surface area contributed by atoms with Gasteiger partial charge < -0.3 is 9.84 Å². The maximum atomic E-state index is 13.1. The summed E-state index contributed by atoms with van der Waals surface area (Å²) in [4.78, 5) is 0. The van der Waals surface area contributed by atoms with Crippen molar-refractivity contribution in [3.05, 3.63) is 29.6 Å². The predicted octanol–water partition coefficient (Wildman–Crippen LogP) is 2.93. The zero-order valence-corrected chi connectivity index (χ0v) is 10.3. The standard InChI is InChI=1S/C14H19FO2/c1-3-10(9(2)16)7-13-8-11-6-12(15)4-5-14(11)17-13/h4-6,9-10,13,16H,3,7-8H2,1-2H3. The van der Waals surface area contributed by atoms with Crippen molar-refractivity contribution in [1.82, 2.24) is 0 Å². The van der Waals surface area contributed by atoms with E-state index < -0.39 is 0 Å². The number of benzene rings is 1. The minimum Gasteiger partial charge on any atom is -0.490 e. The zero-order valence-electron chi connectivity index (χ0n) is 10.3. The molecule has 0 aliphatic carbocycles. The van der Waals surface area contributed by atoms with Crippen LogP contribution in [0.2, 0.25) is 0 Å². The van der Waals surface area contributed by atoms with Gasteiger partial charge in [-0.2, -0.15) is 0 Å². The number of hydrogen-bond donors (Lipinski definition) is 1. The lowest BCUT2D eigenvalue weighted by Gasteiger charge is -2.21. The zero-order chi connectivity index (χ0) is 12.4. The molecule has 0 spiro atoms. The van der Waals surface area contributed by atoms with E-state index in [4.69, 9.17) is 4.74 Å². The highest BCUT2D eigenvalue weighted by Gasteiger charge is 2.27. The topological polar surface area (TPSA) is 29.5 Å². The molecule has 0 fully saturated rings. The Kier molecular flexibility index (Phi) is 3.67. The van der Waals surface area contributed by atoms with Crippen molar-refractivity contribution in [1.29, 1.82) is 0 Å². The first-order chi connectivity index (χ1) is 8.10. The van der Waals surface area contributed by atoms with E-state index in [0.717, 1.165) is 30.6 Å². The highest BCUT2D eigenvalue weighted by atomic mass is 19.1. The lowest BCUT2D eigenvalue weighted by Crippen LogP contribution is -2.24. The summed E-state index contributed by atoms with van der Waals surface area (Å²) in [5.74, 6) is 0.826. The molecule has 1 aromatic rings. The van der Waals surface area contributed by atoms with Crippen LogP contribution in [0.3, 0.4) is 0 Å².